The number of benzene rings is 4. The van der Waals surface area contributed by atoms with E-state index < -0.39 is 12.7 Å². The summed E-state index contributed by atoms with van der Waals surface area (Å²) >= 11 is 13.6. The smallest absolute Gasteiger partial charge is 0.406 e. The Kier molecular flexibility index (Phi) is 13.4. The molecule has 2 heterocycles. The van der Waals surface area contributed by atoms with E-state index in [1.165, 1.54) is 53.2 Å². The highest BCUT2D eigenvalue weighted by molar-refractivity contribution is 14.1. The molecule has 0 spiro atoms. The van der Waals surface area contributed by atoms with Gasteiger partial charge in [0, 0.05) is 33.6 Å². The largest absolute Gasteiger partial charge is 0.573 e. The van der Waals surface area contributed by atoms with E-state index in [-0.39, 0.29) is 11.5 Å². The Hall–Kier alpha value is -5.09. The summed E-state index contributed by atoms with van der Waals surface area (Å²) in [6.45, 7) is 0. The summed E-state index contributed by atoms with van der Waals surface area (Å²) in [5.41, 5.74) is 3.36. The lowest BCUT2D eigenvalue weighted by Crippen LogP contribution is -2.17. The van der Waals surface area contributed by atoms with E-state index in [0.717, 1.165) is 14.8 Å². The molecule has 0 amide bonds. The van der Waals surface area contributed by atoms with E-state index in [2.05, 4.69) is 37.4 Å². The van der Waals surface area contributed by atoms with Crippen LogP contribution in [0.15, 0.2) is 122 Å². The van der Waals surface area contributed by atoms with Crippen molar-refractivity contribution in [3.63, 3.8) is 0 Å². The molecule has 4 aromatic carbocycles. The first-order valence-corrected chi connectivity index (χ1v) is 16.0. The average Bonchev–Trinajstić information content (AvgIpc) is 3.73. The second-order valence-electron chi connectivity index (χ2n) is 9.73. The molecule has 0 fully saturated rings. The summed E-state index contributed by atoms with van der Waals surface area (Å²) < 4.78 is 83.7. The predicted molar refractivity (Wildman–Crippen MR) is 190 cm³/mol. The van der Waals surface area contributed by atoms with Crippen LogP contribution in [0.25, 0.3) is 11.4 Å². The highest BCUT2D eigenvalue weighted by atomic mass is 127. The summed E-state index contributed by atoms with van der Waals surface area (Å²) in [7, 11) is 0. The quantitative estimate of drug-likeness (QED) is 0.101. The number of nitrogens with zero attached hydrogens (tertiary/aromatic N) is 4. The van der Waals surface area contributed by atoms with E-state index in [1.807, 2.05) is 40.8 Å². The average molecular weight is 853 g/mol. The van der Waals surface area contributed by atoms with Crippen LogP contribution < -0.4 is 9.47 Å². The maximum absolute atomic E-state index is 12.2. The Morgan fingerprint density at radius 1 is 0.608 bits per heavy atom. The van der Waals surface area contributed by atoms with Gasteiger partial charge in [-0.05, 0) is 126 Å². The standard InChI is InChI=1S/C18H10ClF3N2O.C10H6F3IN2O.C8H5Cl/c19-14-3-1-2-13(12-14)4-5-15-10-11-24(23-15)16-6-8-17(9-7-16)25-18(20,21)22;11-10(12,13)17-8-3-1-7(2-4-8)16-6-5-9(14)15-16;1-2-7-4-3-5-8(9)6-7/h1-3,6-12H;1-6H;1,3-6H. The molecule has 6 rings (SSSR count). The van der Waals surface area contributed by atoms with Crippen molar-refractivity contribution in [2.75, 3.05) is 0 Å². The maximum Gasteiger partial charge on any atom is 0.573 e. The van der Waals surface area contributed by atoms with Gasteiger partial charge in [0.25, 0.3) is 0 Å². The normalized spacial score (nSPS) is 10.7. The Balaban J connectivity index is 0.000000192. The third kappa shape index (κ3) is 13.6. The van der Waals surface area contributed by atoms with Gasteiger partial charge in [0.05, 0.1) is 11.4 Å². The van der Waals surface area contributed by atoms with Crippen molar-refractivity contribution < 1.29 is 35.8 Å². The van der Waals surface area contributed by atoms with Crippen LogP contribution in [0, 0.1) is 27.9 Å². The maximum atomic E-state index is 12.2. The van der Waals surface area contributed by atoms with Crippen LogP contribution in [0.3, 0.4) is 0 Å². The molecule has 0 aliphatic rings. The monoisotopic (exact) mass is 852 g/mol. The fourth-order valence-corrected chi connectivity index (χ4v) is 4.64. The topological polar surface area (TPSA) is 54.1 Å². The molecule has 0 bridgehead atoms. The summed E-state index contributed by atoms with van der Waals surface area (Å²) in [6, 6.07) is 28.7. The summed E-state index contributed by atoms with van der Waals surface area (Å²) in [6.07, 6.45) is -0.874. The van der Waals surface area contributed by atoms with E-state index in [9.17, 15) is 26.3 Å². The second-order valence-corrected chi connectivity index (χ2v) is 11.7. The van der Waals surface area contributed by atoms with Crippen molar-refractivity contribution in [1.29, 1.82) is 0 Å². The highest BCUT2D eigenvalue weighted by Crippen LogP contribution is 2.25. The van der Waals surface area contributed by atoms with Crippen LogP contribution >= 0.6 is 45.8 Å². The lowest BCUT2D eigenvalue weighted by atomic mass is 10.2. The van der Waals surface area contributed by atoms with E-state index in [0.29, 0.717) is 27.1 Å². The fourth-order valence-electron chi connectivity index (χ4n) is 3.86. The molecule has 0 aliphatic carbocycles. The molecule has 0 radical (unpaired) electrons. The zero-order valence-electron chi connectivity index (χ0n) is 25.6. The number of halogens is 9. The Bertz CT molecular complexity index is 2150. The van der Waals surface area contributed by atoms with Gasteiger partial charge in [-0.15, -0.1) is 32.8 Å². The van der Waals surface area contributed by atoms with Gasteiger partial charge in [0.1, 0.15) is 20.9 Å². The minimum atomic E-state index is -4.71. The van der Waals surface area contributed by atoms with Gasteiger partial charge in [-0.2, -0.15) is 10.2 Å². The minimum Gasteiger partial charge on any atom is -0.406 e. The Labute approximate surface area is 311 Å². The first kappa shape index (κ1) is 38.7. The van der Waals surface area contributed by atoms with E-state index in [1.54, 1.807) is 59.5 Å². The highest BCUT2D eigenvalue weighted by Gasteiger charge is 2.31. The molecule has 15 heteroatoms. The van der Waals surface area contributed by atoms with Crippen molar-refractivity contribution in [3.8, 4) is 47.1 Å². The summed E-state index contributed by atoms with van der Waals surface area (Å²) in [5, 5.41) is 9.68. The van der Waals surface area contributed by atoms with Gasteiger partial charge in [-0.25, -0.2) is 9.36 Å². The molecule has 0 aliphatic heterocycles. The zero-order chi connectivity index (χ0) is 37.0. The number of hydrogen-bond acceptors (Lipinski definition) is 4. The van der Waals surface area contributed by atoms with Crippen LogP contribution in [0.5, 0.6) is 11.5 Å². The number of terminal acetylenes is 1. The van der Waals surface area contributed by atoms with Crippen LogP contribution in [-0.4, -0.2) is 32.3 Å². The lowest BCUT2D eigenvalue weighted by Gasteiger charge is -2.09. The van der Waals surface area contributed by atoms with E-state index in [4.69, 9.17) is 29.6 Å². The van der Waals surface area contributed by atoms with Crippen molar-refractivity contribution >= 4 is 45.8 Å². The predicted octanol–water partition coefficient (Wildman–Crippen LogP) is 10.5. The number of aromatic nitrogens is 4. The SMILES string of the molecule is C#Cc1cccc(Cl)c1.FC(F)(F)Oc1ccc(-n2ccc(C#Cc3cccc(Cl)c3)n2)cc1.FC(F)(F)Oc1ccc(-n2ccc(I)n2)cc1. The molecule has 0 atom stereocenters. The Morgan fingerprint density at radius 3 is 1.51 bits per heavy atom. The van der Waals surface area contributed by atoms with Crippen LogP contribution in [0.2, 0.25) is 10.0 Å². The van der Waals surface area contributed by atoms with Gasteiger partial charge in [0.15, 0.2) is 0 Å². The molecular formula is C36H21Cl2F6IN4O2. The number of ether oxygens (including phenoxy) is 2. The molecule has 51 heavy (non-hydrogen) atoms. The molecule has 260 valence electrons. The van der Waals surface area contributed by atoms with Crippen molar-refractivity contribution in [1.82, 2.24) is 19.6 Å². The minimum absolute atomic E-state index is 0.247. The number of hydrogen-bond donors (Lipinski definition) is 0. The van der Waals surface area contributed by atoms with Crippen molar-refractivity contribution in [2.45, 2.75) is 12.7 Å². The molecule has 2 aromatic heterocycles. The molecule has 0 saturated carbocycles. The van der Waals surface area contributed by atoms with Crippen LogP contribution in [0.1, 0.15) is 16.8 Å². The molecule has 6 nitrogen and oxygen atoms in total. The van der Waals surface area contributed by atoms with Gasteiger partial charge < -0.3 is 9.47 Å². The lowest BCUT2D eigenvalue weighted by molar-refractivity contribution is -0.275. The molecule has 0 N–H and O–H groups in total. The number of rotatable bonds is 4. The first-order chi connectivity index (χ1) is 24.2. The summed E-state index contributed by atoms with van der Waals surface area (Å²) in [4.78, 5) is 0. The Morgan fingerprint density at radius 2 is 1.08 bits per heavy atom. The fraction of sp³-hybridized carbons (Fsp3) is 0.0556. The van der Waals surface area contributed by atoms with Crippen LogP contribution in [-0.2, 0) is 0 Å². The molecular weight excluding hydrogens is 832 g/mol. The van der Waals surface area contributed by atoms with Gasteiger partial charge in [0.2, 0.25) is 0 Å². The van der Waals surface area contributed by atoms with E-state index >= 15 is 0 Å². The molecule has 6 aromatic rings. The molecule has 0 unspecified atom stereocenters. The zero-order valence-corrected chi connectivity index (χ0v) is 29.3. The van der Waals surface area contributed by atoms with Gasteiger partial charge in [-0.1, -0.05) is 47.2 Å². The van der Waals surface area contributed by atoms with Crippen LogP contribution in [0.4, 0.5) is 26.3 Å². The van der Waals surface area contributed by atoms with Gasteiger partial charge in [-0.3, -0.25) is 0 Å². The summed E-state index contributed by atoms with van der Waals surface area (Å²) in [5.74, 6) is 7.80. The van der Waals surface area contributed by atoms with Gasteiger partial charge >= 0.3 is 12.7 Å². The third-order valence-electron chi connectivity index (χ3n) is 5.97. The number of alkyl halides is 6. The second kappa shape index (κ2) is 17.7. The third-order valence-corrected chi connectivity index (χ3v) is 7.01. The molecule has 0 saturated heterocycles. The van der Waals surface area contributed by atoms with Crippen molar-refractivity contribution in [2.24, 2.45) is 0 Å². The first-order valence-electron chi connectivity index (χ1n) is 14.1. The van der Waals surface area contributed by atoms with Crippen molar-refractivity contribution in [3.05, 3.63) is 152 Å².